The molecule has 1 N–H and O–H groups in total. The van der Waals surface area contributed by atoms with Crippen LogP contribution in [0.1, 0.15) is 26.5 Å². The summed E-state index contributed by atoms with van der Waals surface area (Å²) in [5, 5.41) is 3.14. The molecule has 1 rings (SSSR count). The molecule has 1 heterocycles. The molecule has 0 amide bonds. The largest absolute Gasteiger partial charge is 0.475 e. The van der Waals surface area contributed by atoms with E-state index in [4.69, 9.17) is 27.9 Å². The van der Waals surface area contributed by atoms with Gasteiger partial charge in [-0.05, 0) is 27.7 Å². The molecule has 18 heavy (non-hydrogen) atoms. The quantitative estimate of drug-likeness (QED) is 0.818. The number of hydrogen-bond donors (Lipinski definition) is 1. The summed E-state index contributed by atoms with van der Waals surface area (Å²) in [6, 6.07) is 1.80. The van der Waals surface area contributed by atoms with E-state index in [2.05, 4.69) is 15.3 Å². The smallest absolute Gasteiger partial charge is 0.226 e. The molecule has 0 radical (unpaired) electrons. The Hall–Kier alpha value is -0.740. The zero-order valence-corrected chi connectivity index (χ0v) is 12.6. The van der Waals surface area contributed by atoms with Gasteiger partial charge in [-0.1, -0.05) is 0 Å². The molecule has 0 saturated carbocycles. The van der Waals surface area contributed by atoms with Crippen molar-refractivity contribution in [1.82, 2.24) is 9.97 Å². The van der Waals surface area contributed by atoms with Gasteiger partial charge < -0.3 is 10.1 Å². The number of ether oxygens (including phenoxy) is 1. The van der Waals surface area contributed by atoms with E-state index >= 15 is 0 Å². The van der Waals surface area contributed by atoms with Gasteiger partial charge in [0.05, 0.1) is 11.6 Å². The van der Waals surface area contributed by atoms with Crippen LogP contribution >= 0.6 is 23.2 Å². The van der Waals surface area contributed by atoms with E-state index in [0.717, 1.165) is 5.69 Å². The normalized spacial score (nSPS) is 11.7. The minimum atomic E-state index is -0.438. The second-order valence-electron chi connectivity index (χ2n) is 4.79. The topological polar surface area (TPSA) is 47.0 Å². The fourth-order valence-corrected chi connectivity index (χ4v) is 1.69. The number of rotatable bonds is 6. The fraction of sp³-hybridized carbons (Fsp3) is 0.667. The molecular weight excluding hydrogens is 273 g/mol. The van der Waals surface area contributed by atoms with Crippen molar-refractivity contribution in [2.24, 2.45) is 0 Å². The van der Waals surface area contributed by atoms with Crippen molar-refractivity contribution in [3.05, 3.63) is 11.8 Å². The highest BCUT2D eigenvalue weighted by atomic mass is 35.5. The van der Waals surface area contributed by atoms with Crippen LogP contribution in [0.3, 0.4) is 0 Å². The Labute approximate surface area is 118 Å². The highest BCUT2D eigenvalue weighted by molar-refractivity contribution is 6.22. The molecule has 1 aromatic rings. The third-order valence-corrected chi connectivity index (χ3v) is 3.37. The van der Waals surface area contributed by atoms with Crippen molar-refractivity contribution >= 4 is 29.2 Å². The van der Waals surface area contributed by atoms with Crippen LogP contribution in [0.5, 0.6) is 5.88 Å². The number of anilines is 1. The minimum absolute atomic E-state index is 0.0691. The third-order valence-electron chi connectivity index (χ3n) is 2.19. The minimum Gasteiger partial charge on any atom is -0.475 e. The molecule has 0 atom stereocenters. The maximum Gasteiger partial charge on any atom is 0.226 e. The summed E-state index contributed by atoms with van der Waals surface area (Å²) in [6.07, 6.45) is 0.0691. The molecule has 6 heteroatoms. The molecule has 0 aliphatic carbocycles. The Morgan fingerprint density at radius 2 is 1.94 bits per heavy atom. The van der Waals surface area contributed by atoms with Crippen LogP contribution in [-0.4, -0.2) is 33.4 Å². The lowest BCUT2D eigenvalue weighted by Crippen LogP contribution is -2.39. The van der Waals surface area contributed by atoms with E-state index in [1.54, 1.807) is 6.07 Å². The standard InChI is InChI=1S/C12H19Cl2N3O/c1-8(2)18-10-5-9(3)15-11(16-10)17-12(4,6-13)7-14/h5,8H,6-7H2,1-4H3,(H,15,16,17). The molecule has 0 saturated heterocycles. The van der Waals surface area contributed by atoms with Gasteiger partial charge in [0.15, 0.2) is 0 Å². The lowest BCUT2D eigenvalue weighted by molar-refractivity contribution is 0.232. The van der Waals surface area contributed by atoms with Crippen LogP contribution in [0.2, 0.25) is 0 Å². The van der Waals surface area contributed by atoms with E-state index in [0.29, 0.717) is 23.6 Å². The van der Waals surface area contributed by atoms with Crippen LogP contribution < -0.4 is 10.1 Å². The Morgan fingerprint density at radius 1 is 1.33 bits per heavy atom. The fourth-order valence-electron chi connectivity index (χ4n) is 1.27. The highest BCUT2D eigenvalue weighted by Crippen LogP contribution is 2.19. The summed E-state index contributed by atoms with van der Waals surface area (Å²) in [5.74, 6) is 1.77. The zero-order chi connectivity index (χ0) is 13.8. The summed E-state index contributed by atoms with van der Waals surface area (Å²) >= 11 is 11.8. The maximum atomic E-state index is 5.89. The molecule has 0 fully saturated rings. The van der Waals surface area contributed by atoms with Crippen LogP contribution in [0, 0.1) is 6.92 Å². The number of hydrogen-bond acceptors (Lipinski definition) is 4. The molecule has 0 unspecified atom stereocenters. The van der Waals surface area contributed by atoms with Crippen molar-refractivity contribution in [1.29, 1.82) is 0 Å². The van der Waals surface area contributed by atoms with Gasteiger partial charge in [-0.15, -0.1) is 23.2 Å². The van der Waals surface area contributed by atoms with Gasteiger partial charge in [-0.25, -0.2) is 4.98 Å². The first-order chi connectivity index (χ1) is 8.38. The second-order valence-corrected chi connectivity index (χ2v) is 5.33. The first-order valence-corrected chi connectivity index (χ1v) is 6.88. The molecule has 0 aliphatic heterocycles. The van der Waals surface area contributed by atoms with Gasteiger partial charge in [0.1, 0.15) is 0 Å². The first kappa shape index (κ1) is 15.3. The number of nitrogens with one attached hydrogen (secondary N) is 1. The van der Waals surface area contributed by atoms with Crippen LogP contribution in [0.4, 0.5) is 5.95 Å². The summed E-state index contributed by atoms with van der Waals surface area (Å²) in [4.78, 5) is 8.60. The lowest BCUT2D eigenvalue weighted by Gasteiger charge is -2.26. The molecule has 4 nitrogen and oxygen atoms in total. The number of aryl methyl sites for hydroxylation is 1. The molecule has 1 aromatic heterocycles. The molecule has 0 bridgehead atoms. The van der Waals surface area contributed by atoms with Crippen LogP contribution in [0.15, 0.2) is 6.07 Å². The maximum absolute atomic E-state index is 5.89. The molecule has 0 aliphatic rings. The lowest BCUT2D eigenvalue weighted by atomic mass is 10.1. The third kappa shape index (κ3) is 4.50. The van der Waals surface area contributed by atoms with Gasteiger partial charge >= 0.3 is 0 Å². The van der Waals surface area contributed by atoms with Crippen LogP contribution in [0.25, 0.3) is 0 Å². The highest BCUT2D eigenvalue weighted by Gasteiger charge is 2.23. The number of alkyl halides is 2. The van der Waals surface area contributed by atoms with Gasteiger partial charge in [-0.2, -0.15) is 4.98 Å². The molecule has 0 aromatic carbocycles. The van der Waals surface area contributed by atoms with E-state index < -0.39 is 5.54 Å². The average molecular weight is 292 g/mol. The van der Waals surface area contributed by atoms with E-state index in [-0.39, 0.29) is 6.10 Å². The molecule has 102 valence electrons. The van der Waals surface area contributed by atoms with Gasteiger partial charge in [0.25, 0.3) is 0 Å². The first-order valence-electron chi connectivity index (χ1n) is 5.81. The summed E-state index contributed by atoms with van der Waals surface area (Å²) in [5.41, 5.74) is 0.390. The van der Waals surface area contributed by atoms with E-state index in [1.807, 2.05) is 27.7 Å². The summed E-state index contributed by atoms with van der Waals surface area (Å²) < 4.78 is 5.56. The number of halogens is 2. The Kier molecular flexibility index (Phi) is 5.47. The Morgan fingerprint density at radius 3 is 2.44 bits per heavy atom. The Bertz CT molecular complexity index is 395. The number of nitrogens with zero attached hydrogens (tertiary/aromatic N) is 2. The number of aromatic nitrogens is 2. The van der Waals surface area contributed by atoms with Crippen molar-refractivity contribution < 1.29 is 4.74 Å². The van der Waals surface area contributed by atoms with E-state index in [1.165, 1.54) is 0 Å². The van der Waals surface area contributed by atoms with Crippen molar-refractivity contribution in [3.8, 4) is 5.88 Å². The van der Waals surface area contributed by atoms with Crippen molar-refractivity contribution in [3.63, 3.8) is 0 Å². The zero-order valence-electron chi connectivity index (χ0n) is 11.1. The summed E-state index contributed by atoms with van der Waals surface area (Å²) in [7, 11) is 0. The van der Waals surface area contributed by atoms with E-state index in [9.17, 15) is 0 Å². The van der Waals surface area contributed by atoms with Gasteiger partial charge in [-0.3, -0.25) is 0 Å². The van der Waals surface area contributed by atoms with Crippen molar-refractivity contribution in [2.75, 3.05) is 17.1 Å². The average Bonchev–Trinajstić information content (AvgIpc) is 2.27. The molecule has 0 spiro atoms. The van der Waals surface area contributed by atoms with Crippen molar-refractivity contribution in [2.45, 2.75) is 39.3 Å². The predicted octanol–water partition coefficient (Wildman–Crippen LogP) is 3.22. The second kappa shape index (κ2) is 6.43. The Balaban J connectivity index is 2.92. The van der Waals surface area contributed by atoms with Gasteiger partial charge in [0, 0.05) is 23.5 Å². The SMILES string of the molecule is Cc1cc(OC(C)C)nc(NC(C)(CCl)CCl)n1. The summed E-state index contributed by atoms with van der Waals surface area (Å²) in [6.45, 7) is 7.71. The van der Waals surface area contributed by atoms with Crippen LogP contribution in [-0.2, 0) is 0 Å². The monoisotopic (exact) mass is 291 g/mol. The molecular formula is C12H19Cl2N3O. The predicted molar refractivity (Wildman–Crippen MR) is 76.0 cm³/mol. The van der Waals surface area contributed by atoms with Gasteiger partial charge in [0.2, 0.25) is 11.8 Å².